The Morgan fingerprint density at radius 3 is 2.88 bits per heavy atom. The standard InChI is InChI=1S/C18H23N5O2S/c1-12(26-17-21-19-11-22(17)2)13-4-3-5-14(8-13)20-16(25)23-9-18(10-23)7-6-15(18)24/h3-5,8,11-12,15,24H,6-7,9-10H2,1-2H3,(H,20,25)/t12-,15?/m0/s1. The zero-order chi connectivity index (χ0) is 18.3. The first kappa shape index (κ1) is 17.4. The van der Waals surface area contributed by atoms with Crippen LogP contribution in [0.4, 0.5) is 10.5 Å². The molecule has 2 aliphatic rings. The number of carbonyl (C=O) groups is 1. The Bertz CT molecular complexity index is 817. The number of rotatable bonds is 4. The van der Waals surface area contributed by atoms with Gasteiger partial charge < -0.3 is 19.9 Å². The molecule has 0 radical (unpaired) electrons. The highest BCUT2D eigenvalue weighted by molar-refractivity contribution is 7.99. The van der Waals surface area contributed by atoms with E-state index >= 15 is 0 Å². The van der Waals surface area contributed by atoms with Gasteiger partial charge in [-0.25, -0.2) is 4.79 Å². The predicted octanol–water partition coefficient (Wildman–Crippen LogP) is 2.66. The van der Waals surface area contributed by atoms with Crippen molar-refractivity contribution in [3.05, 3.63) is 36.2 Å². The fraction of sp³-hybridized carbons (Fsp3) is 0.500. The van der Waals surface area contributed by atoms with Crippen LogP contribution in [0.3, 0.4) is 0 Å². The van der Waals surface area contributed by atoms with E-state index in [2.05, 4.69) is 22.4 Å². The number of urea groups is 1. The highest BCUT2D eigenvalue weighted by Crippen LogP contribution is 2.48. The lowest BCUT2D eigenvalue weighted by atomic mass is 9.61. The topological polar surface area (TPSA) is 83.3 Å². The predicted molar refractivity (Wildman–Crippen MR) is 100.0 cm³/mol. The van der Waals surface area contributed by atoms with Crippen LogP contribution in [0.15, 0.2) is 35.7 Å². The number of carbonyl (C=O) groups excluding carboxylic acids is 1. The second kappa shape index (κ2) is 6.59. The SMILES string of the molecule is C[C@H](Sc1nncn1C)c1cccc(NC(=O)N2CC3(CCC3O)C2)c1. The average Bonchev–Trinajstić information content (AvgIpc) is 2.97. The second-order valence-electron chi connectivity index (χ2n) is 7.31. The van der Waals surface area contributed by atoms with Gasteiger partial charge in [0, 0.05) is 36.5 Å². The van der Waals surface area contributed by atoms with Crippen molar-refractivity contribution in [1.29, 1.82) is 0 Å². The average molecular weight is 373 g/mol. The zero-order valence-electron chi connectivity index (χ0n) is 14.9. The summed E-state index contributed by atoms with van der Waals surface area (Å²) in [4.78, 5) is 14.2. The summed E-state index contributed by atoms with van der Waals surface area (Å²) in [7, 11) is 1.92. The van der Waals surface area contributed by atoms with Gasteiger partial charge in [0.2, 0.25) is 0 Å². The zero-order valence-corrected chi connectivity index (χ0v) is 15.7. The molecule has 1 saturated heterocycles. The van der Waals surface area contributed by atoms with Crippen LogP contribution in [0.25, 0.3) is 0 Å². The van der Waals surface area contributed by atoms with Crippen molar-refractivity contribution < 1.29 is 9.90 Å². The number of likely N-dealkylation sites (tertiary alicyclic amines) is 1. The summed E-state index contributed by atoms with van der Waals surface area (Å²) in [5, 5.41) is 21.9. The van der Waals surface area contributed by atoms with Crippen LogP contribution in [-0.4, -0.2) is 50.0 Å². The number of nitrogens with zero attached hydrogens (tertiary/aromatic N) is 4. The molecule has 138 valence electrons. The van der Waals surface area contributed by atoms with Crippen LogP contribution in [0.5, 0.6) is 0 Å². The minimum Gasteiger partial charge on any atom is -0.392 e. The number of amides is 2. The molecular weight excluding hydrogens is 350 g/mol. The molecule has 2 atom stereocenters. The fourth-order valence-corrected chi connectivity index (χ4v) is 4.49. The maximum Gasteiger partial charge on any atom is 0.321 e. The number of anilines is 1. The summed E-state index contributed by atoms with van der Waals surface area (Å²) in [6.07, 6.45) is 3.32. The Morgan fingerprint density at radius 2 is 2.27 bits per heavy atom. The fourth-order valence-electron chi connectivity index (χ4n) is 3.59. The van der Waals surface area contributed by atoms with Gasteiger partial charge in [0.05, 0.1) is 6.10 Å². The van der Waals surface area contributed by atoms with E-state index in [0.29, 0.717) is 13.1 Å². The molecule has 2 N–H and O–H groups in total. The van der Waals surface area contributed by atoms with Crippen LogP contribution >= 0.6 is 11.8 Å². The number of hydrogen-bond donors (Lipinski definition) is 2. The maximum absolute atomic E-state index is 12.4. The third-order valence-corrected chi connectivity index (χ3v) is 6.69. The lowest BCUT2D eigenvalue weighted by Crippen LogP contribution is -2.68. The number of aliphatic hydroxyl groups excluding tert-OH is 1. The molecule has 1 saturated carbocycles. The number of aryl methyl sites for hydroxylation is 1. The molecule has 4 rings (SSSR count). The van der Waals surface area contributed by atoms with Gasteiger partial charge in [0.15, 0.2) is 5.16 Å². The van der Waals surface area contributed by atoms with Crippen LogP contribution in [0, 0.1) is 5.41 Å². The Labute approximate surface area is 156 Å². The number of aliphatic hydroxyl groups is 1. The number of nitrogens with one attached hydrogen (secondary N) is 1. The normalized spacial score (nSPS) is 21.8. The highest BCUT2D eigenvalue weighted by atomic mass is 32.2. The minimum atomic E-state index is -0.242. The molecule has 1 aromatic carbocycles. The minimum absolute atomic E-state index is 0.0273. The van der Waals surface area contributed by atoms with Gasteiger partial charge in [-0.2, -0.15) is 0 Å². The van der Waals surface area contributed by atoms with E-state index in [1.54, 1.807) is 23.0 Å². The Kier molecular flexibility index (Phi) is 4.40. The molecule has 1 aliphatic heterocycles. The molecule has 1 spiro atoms. The van der Waals surface area contributed by atoms with Gasteiger partial charge in [-0.1, -0.05) is 23.9 Å². The number of aromatic nitrogens is 3. The molecule has 1 aliphatic carbocycles. The van der Waals surface area contributed by atoms with E-state index in [4.69, 9.17) is 0 Å². The van der Waals surface area contributed by atoms with Gasteiger partial charge in [0.25, 0.3) is 0 Å². The van der Waals surface area contributed by atoms with Crippen molar-refractivity contribution in [1.82, 2.24) is 19.7 Å². The number of hydrogen-bond acceptors (Lipinski definition) is 5. The summed E-state index contributed by atoms with van der Waals surface area (Å²) in [6.45, 7) is 3.41. The summed E-state index contributed by atoms with van der Waals surface area (Å²) < 4.78 is 1.89. The summed E-state index contributed by atoms with van der Waals surface area (Å²) in [5.41, 5.74) is 1.87. The molecular formula is C18H23N5O2S. The lowest BCUT2D eigenvalue weighted by Gasteiger charge is -2.58. The molecule has 26 heavy (non-hydrogen) atoms. The lowest BCUT2D eigenvalue weighted by molar-refractivity contribution is -0.139. The Balaban J connectivity index is 1.37. The van der Waals surface area contributed by atoms with Crippen LogP contribution < -0.4 is 5.32 Å². The highest BCUT2D eigenvalue weighted by Gasteiger charge is 2.55. The van der Waals surface area contributed by atoms with Crippen molar-refractivity contribution in [2.45, 2.75) is 36.3 Å². The van der Waals surface area contributed by atoms with Crippen LogP contribution in [0.2, 0.25) is 0 Å². The van der Waals surface area contributed by atoms with Crippen LogP contribution in [0.1, 0.15) is 30.6 Å². The van der Waals surface area contributed by atoms with Gasteiger partial charge in [-0.15, -0.1) is 10.2 Å². The van der Waals surface area contributed by atoms with Gasteiger partial charge in [-0.3, -0.25) is 0 Å². The molecule has 2 amide bonds. The molecule has 0 bridgehead atoms. The first-order valence-corrected chi connectivity index (χ1v) is 9.69. The first-order valence-electron chi connectivity index (χ1n) is 8.81. The molecule has 2 aromatic rings. The van der Waals surface area contributed by atoms with E-state index in [1.807, 2.05) is 35.9 Å². The van der Waals surface area contributed by atoms with E-state index in [9.17, 15) is 9.90 Å². The third kappa shape index (κ3) is 3.07. The van der Waals surface area contributed by atoms with E-state index in [1.165, 1.54) is 0 Å². The molecule has 2 fully saturated rings. The van der Waals surface area contributed by atoms with Crippen LogP contribution in [-0.2, 0) is 7.05 Å². The maximum atomic E-state index is 12.4. The van der Waals surface area contributed by atoms with E-state index in [-0.39, 0.29) is 22.8 Å². The van der Waals surface area contributed by atoms with E-state index < -0.39 is 0 Å². The number of benzene rings is 1. The summed E-state index contributed by atoms with van der Waals surface area (Å²) >= 11 is 1.63. The smallest absolute Gasteiger partial charge is 0.321 e. The van der Waals surface area contributed by atoms with Crippen molar-refractivity contribution in [3.63, 3.8) is 0 Å². The molecule has 1 unspecified atom stereocenters. The third-order valence-electron chi connectivity index (χ3n) is 5.48. The molecule has 1 aromatic heterocycles. The van der Waals surface area contributed by atoms with Crippen molar-refractivity contribution in [3.8, 4) is 0 Å². The van der Waals surface area contributed by atoms with Gasteiger partial charge in [0.1, 0.15) is 6.33 Å². The second-order valence-corrected chi connectivity index (χ2v) is 8.62. The molecule has 7 nitrogen and oxygen atoms in total. The Hall–Kier alpha value is -2.06. The first-order chi connectivity index (χ1) is 12.5. The van der Waals surface area contributed by atoms with Crippen molar-refractivity contribution >= 4 is 23.5 Å². The Morgan fingerprint density at radius 1 is 1.46 bits per heavy atom. The monoisotopic (exact) mass is 373 g/mol. The van der Waals surface area contributed by atoms with Gasteiger partial charge >= 0.3 is 6.03 Å². The largest absolute Gasteiger partial charge is 0.392 e. The summed E-state index contributed by atoms with van der Waals surface area (Å²) in [6, 6.07) is 7.80. The van der Waals surface area contributed by atoms with E-state index in [0.717, 1.165) is 29.2 Å². The van der Waals surface area contributed by atoms with Crippen molar-refractivity contribution in [2.75, 3.05) is 18.4 Å². The van der Waals surface area contributed by atoms with Gasteiger partial charge in [-0.05, 0) is 37.5 Å². The summed E-state index contributed by atoms with van der Waals surface area (Å²) in [5.74, 6) is 0. The number of thioether (sulfide) groups is 1. The molecule has 8 heteroatoms. The van der Waals surface area contributed by atoms with Crippen molar-refractivity contribution in [2.24, 2.45) is 12.5 Å². The quantitative estimate of drug-likeness (QED) is 0.805. The molecule has 2 heterocycles.